The van der Waals surface area contributed by atoms with E-state index in [1.165, 1.54) is 12.5 Å². The number of benzene rings is 1. The van der Waals surface area contributed by atoms with E-state index in [0.29, 0.717) is 18.2 Å². The molecule has 1 aromatic rings. The van der Waals surface area contributed by atoms with Crippen LogP contribution in [-0.4, -0.2) is 42.1 Å². The molecule has 1 saturated heterocycles. The normalized spacial score (nSPS) is 20.0. The van der Waals surface area contributed by atoms with Gasteiger partial charge < -0.3 is 15.3 Å². The standard InChI is InChI=1S/C13H17BrN2O2/c1-16-6-2-3-10(16)8-15-13(18)11-5-4-9(14)7-12(11)17/h4-5,7,10,17H,2-3,6,8H2,1H3,(H,15,18). The van der Waals surface area contributed by atoms with Crippen LogP contribution < -0.4 is 5.32 Å². The number of hydrogen-bond donors (Lipinski definition) is 2. The fourth-order valence-electron chi connectivity index (χ4n) is 2.24. The molecule has 2 N–H and O–H groups in total. The molecule has 1 amide bonds. The summed E-state index contributed by atoms with van der Waals surface area (Å²) in [7, 11) is 2.07. The van der Waals surface area contributed by atoms with Crippen LogP contribution in [0.1, 0.15) is 23.2 Å². The van der Waals surface area contributed by atoms with Gasteiger partial charge in [-0.2, -0.15) is 0 Å². The quantitative estimate of drug-likeness (QED) is 0.897. The number of halogens is 1. The summed E-state index contributed by atoms with van der Waals surface area (Å²) in [6.45, 7) is 1.72. The molecule has 0 saturated carbocycles. The third-order valence-corrected chi connectivity index (χ3v) is 3.87. The monoisotopic (exact) mass is 312 g/mol. The molecule has 2 rings (SSSR count). The first-order valence-corrected chi connectivity index (χ1v) is 6.84. The number of phenolic OH excluding ortho intramolecular Hbond substituents is 1. The maximum absolute atomic E-state index is 11.9. The number of rotatable bonds is 3. The predicted molar refractivity (Wildman–Crippen MR) is 73.8 cm³/mol. The van der Waals surface area contributed by atoms with Gasteiger partial charge in [-0.1, -0.05) is 15.9 Å². The Hall–Kier alpha value is -1.07. The Balaban J connectivity index is 1.95. The molecule has 1 aromatic carbocycles. The summed E-state index contributed by atoms with van der Waals surface area (Å²) in [5.74, 6) is -0.220. The predicted octanol–water partition coefficient (Wildman–Crippen LogP) is 1.98. The van der Waals surface area contributed by atoms with Crippen LogP contribution in [0.2, 0.25) is 0 Å². The topological polar surface area (TPSA) is 52.6 Å². The van der Waals surface area contributed by atoms with Gasteiger partial charge in [-0.3, -0.25) is 4.79 Å². The number of hydrogen-bond acceptors (Lipinski definition) is 3. The van der Waals surface area contributed by atoms with Crippen molar-refractivity contribution in [3.05, 3.63) is 28.2 Å². The zero-order valence-corrected chi connectivity index (χ0v) is 11.9. The van der Waals surface area contributed by atoms with E-state index >= 15 is 0 Å². The molecule has 18 heavy (non-hydrogen) atoms. The molecular weight excluding hydrogens is 296 g/mol. The highest BCUT2D eigenvalue weighted by Gasteiger charge is 2.21. The number of nitrogens with one attached hydrogen (secondary N) is 1. The van der Waals surface area contributed by atoms with E-state index < -0.39 is 0 Å². The Morgan fingerprint density at radius 2 is 2.39 bits per heavy atom. The van der Waals surface area contributed by atoms with Crippen LogP contribution in [0.4, 0.5) is 0 Å². The lowest BCUT2D eigenvalue weighted by molar-refractivity contribution is 0.0941. The molecule has 1 atom stereocenters. The number of nitrogens with zero attached hydrogens (tertiary/aromatic N) is 1. The number of phenols is 1. The fraction of sp³-hybridized carbons (Fsp3) is 0.462. The first kappa shape index (κ1) is 13.4. The molecular formula is C13H17BrN2O2. The largest absolute Gasteiger partial charge is 0.507 e. The van der Waals surface area contributed by atoms with Crippen molar-refractivity contribution in [1.82, 2.24) is 10.2 Å². The van der Waals surface area contributed by atoms with Gasteiger partial charge >= 0.3 is 0 Å². The molecule has 0 spiro atoms. The van der Waals surface area contributed by atoms with Gasteiger partial charge in [-0.15, -0.1) is 0 Å². The number of likely N-dealkylation sites (tertiary alicyclic amines) is 1. The number of aromatic hydroxyl groups is 1. The summed E-state index contributed by atoms with van der Waals surface area (Å²) in [5.41, 5.74) is 0.318. The maximum Gasteiger partial charge on any atom is 0.255 e. The van der Waals surface area contributed by atoms with Gasteiger partial charge in [0.05, 0.1) is 5.56 Å². The Morgan fingerprint density at radius 1 is 1.61 bits per heavy atom. The highest BCUT2D eigenvalue weighted by atomic mass is 79.9. The number of likely N-dealkylation sites (N-methyl/N-ethyl adjacent to an activating group) is 1. The van der Waals surface area contributed by atoms with Gasteiger partial charge in [0.25, 0.3) is 5.91 Å². The highest BCUT2D eigenvalue weighted by Crippen LogP contribution is 2.22. The minimum atomic E-state index is -0.222. The van der Waals surface area contributed by atoms with Gasteiger partial charge in [0.15, 0.2) is 0 Å². The van der Waals surface area contributed by atoms with Crippen LogP contribution in [0.5, 0.6) is 5.75 Å². The first-order valence-electron chi connectivity index (χ1n) is 6.05. The SMILES string of the molecule is CN1CCCC1CNC(=O)c1ccc(Br)cc1O. The lowest BCUT2D eigenvalue weighted by Gasteiger charge is -2.19. The minimum absolute atomic E-state index is 0.00153. The van der Waals surface area contributed by atoms with Crippen LogP contribution in [0.15, 0.2) is 22.7 Å². The van der Waals surface area contributed by atoms with Crippen LogP contribution in [-0.2, 0) is 0 Å². The van der Waals surface area contributed by atoms with Crippen LogP contribution >= 0.6 is 15.9 Å². The van der Waals surface area contributed by atoms with Crippen LogP contribution in [0.3, 0.4) is 0 Å². The highest BCUT2D eigenvalue weighted by molar-refractivity contribution is 9.10. The van der Waals surface area contributed by atoms with Gasteiger partial charge in [-0.05, 0) is 44.6 Å². The second-order valence-corrected chi connectivity index (χ2v) is 5.56. The van der Waals surface area contributed by atoms with Gasteiger partial charge in [0.1, 0.15) is 5.75 Å². The summed E-state index contributed by atoms with van der Waals surface area (Å²) in [4.78, 5) is 14.2. The average Bonchev–Trinajstić information content (AvgIpc) is 2.72. The van der Waals surface area contributed by atoms with Gasteiger partial charge in [-0.25, -0.2) is 0 Å². The molecule has 1 aliphatic rings. The van der Waals surface area contributed by atoms with Gasteiger partial charge in [0.2, 0.25) is 0 Å². The van der Waals surface area contributed by atoms with Crippen LogP contribution in [0, 0.1) is 0 Å². The molecule has 0 aliphatic carbocycles. The smallest absolute Gasteiger partial charge is 0.255 e. The second-order valence-electron chi connectivity index (χ2n) is 4.65. The van der Waals surface area contributed by atoms with Crippen molar-refractivity contribution < 1.29 is 9.90 Å². The molecule has 0 aromatic heterocycles. The summed E-state index contributed by atoms with van der Waals surface area (Å²) < 4.78 is 0.757. The van der Waals surface area contributed by atoms with E-state index in [1.54, 1.807) is 12.1 Å². The summed E-state index contributed by atoms with van der Waals surface area (Å²) in [5, 5.41) is 12.6. The molecule has 0 radical (unpaired) electrons. The van der Waals surface area contributed by atoms with Crippen molar-refractivity contribution in [2.75, 3.05) is 20.1 Å². The minimum Gasteiger partial charge on any atom is -0.507 e. The Kier molecular flexibility index (Phi) is 4.24. The number of amides is 1. The first-order chi connectivity index (χ1) is 8.58. The summed E-state index contributed by atoms with van der Waals surface area (Å²) in [6, 6.07) is 5.30. The van der Waals surface area contributed by atoms with E-state index in [4.69, 9.17) is 0 Å². The maximum atomic E-state index is 11.9. The molecule has 1 unspecified atom stereocenters. The molecule has 1 aliphatic heterocycles. The van der Waals surface area contributed by atoms with E-state index in [0.717, 1.165) is 17.4 Å². The Labute approximate surface area is 115 Å². The second kappa shape index (κ2) is 5.71. The fourth-order valence-corrected chi connectivity index (χ4v) is 2.59. The van der Waals surface area contributed by atoms with E-state index in [2.05, 4.69) is 33.2 Å². The summed E-state index contributed by atoms with van der Waals surface area (Å²) in [6.07, 6.45) is 2.30. The molecule has 4 nitrogen and oxygen atoms in total. The summed E-state index contributed by atoms with van der Waals surface area (Å²) >= 11 is 3.25. The van der Waals surface area contributed by atoms with Crippen molar-refractivity contribution in [2.45, 2.75) is 18.9 Å². The lowest BCUT2D eigenvalue weighted by Crippen LogP contribution is -2.38. The number of carbonyl (C=O) groups is 1. The van der Waals surface area contributed by atoms with Crippen molar-refractivity contribution in [2.24, 2.45) is 0 Å². The third kappa shape index (κ3) is 3.03. The molecule has 1 fully saturated rings. The van der Waals surface area contributed by atoms with E-state index in [9.17, 15) is 9.90 Å². The van der Waals surface area contributed by atoms with Crippen molar-refractivity contribution >= 4 is 21.8 Å². The number of carbonyl (C=O) groups excluding carboxylic acids is 1. The van der Waals surface area contributed by atoms with Crippen molar-refractivity contribution in [3.8, 4) is 5.75 Å². The molecule has 98 valence electrons. The third-order valence-electron chi connectivity index (χ3n) is 3.37. The van der Waals surface area contributed by atoms with E-state index in [-0.39, 0.29) is 11.7 Å². The zero-order chi connectivity index (χ0) is 13.1. The molecule has 1 heterocycles. The molecule has 5 heteroatoms. The zero-order valence-electron chi connectivity index (χ0n) is 10.3. The Bertz CT molecular complexity index is 451. The van der Waals surface area contributed by atoms with Gasteiger partial charge in [0, 0.05) is 17.1 Å². The average molecular weight is 313 g/mol. The van der Waals surface area contributed by atoms with E-state index in [1.807, 2.05) is 0 Å². The van der Waals surface area contributed by atoms with Crippen LogP contribution in [0.25, 0.3) is 0 Å². The Morgan fingerprint density at radius 3 is 3.00 bits per heavy atom. The van der Waals surface area contributed by atoms with Crippen molar-refractivity contribution in [3.63, 3.8) is 0 Å². The van der Waals surface area contributed by atoms with Crippen molar-refractivity contribution in [1.29, 1.82) is 0 Å². The molecule has 0 bridgehead atoms. The lowest BCUT2D eigenvalue weighted by atomic mass is 10.1.